The van der Waals surface area contributed by atoms with Crippen LogP contribution in [0.5, 0.6) is 0 Å². The second-order valence-electron chi connectivity index (χ2n) is 4.32. The van der Waals surface area contributed by atoms with Crippen molar-refractivity contribution in [2.24, 2.45) is 0 Å². The molecule has 0 aliphatic rings. The Hall–Kier alpha value is -0.870. The number of carbonyl (C=O) groups is 1. The summed E-state index contributed by atoms with van der Waals surface area (Å²) in [5.41, 5.74) is -0.833. The highest BCUT2D eigenvalue weighted by atomic mass is 32.1. The first-order valence-corrected chi connectivity index (χ1v) is 5.75. The fourth-order valence-electron chi connectivity index (χ4n) is 1.37. The highest BCUT2D eigenvalue weighted by molar-refractivity contribution is 7.10. The Balaban J connectivity index is 2.47. The van der Waals surface area contributed by atoms with Crippen LogP contribution in [0.25, 0.3) is 0 Å². The van der Waals surface area contributed by atoms with E-state index in [9.17, 15) is 9.90 Å². The Morgan fingerprint density at radius 2 is 2.27 bits per heavy atom. The van der Waals surface area contributed by atoms with Gasteiger partial charge in [0, 0.05) is 18.5 Å². The molecular weight excluding hydrogens is 210 g/mol. The number of hydrogen-bond acceptors (Lipinski definition) is 3. The summed E-state index contributed by atoms with van der Waals surface area (Å²) < 4.78 is 0. The van der Waals surface area contributed by atoms with Gasteiger partial charge in [-0.15, -0.1) is 11.3 Å². The molecule has 84 valence electrons. The molecule has 15 heavy (non-hydrogen) atoms. The van der Waals surface area contributed by atoms with E-state index in [1.165, 1.54) is 0 Å². The molecule has 0 atom stereocenters. The van der Waals surface area contributed by atoms with Crippen molar-refractivity contribution >= 4 is 17.2 Å². The smallest absolute Gasteiger partial charge is 0.227 e. The summed E-state index contributed by atoms with van der Waals surface area (Å²) in [7, 11) is 1.72. The predicted octanol–water partition coefficient (Wildman–Crippen LogP) is 1.52. The molecule has 0 unspecified atom stereocenters. The van der Waals surface area contributed by atoms with Crippen molar-refractivity contribution in [3.63, 3.8) is 0 Å². The number of thiophene rings is 1. The van der Waals surface area contributed by atoms with Crippen LogP contribution in [0.1, 0.15) is 18.7 Å². The normalized spacial score (nSPS) is 11.5. The summed E-state index contributed by atoms with van der Waals surface area (Å²) in [4.78, 5) is 14.3. The van der Waals surface area contributed by atoms with E-state index >= 15 is 0 Å². The summed E-state index contributed by atoms with van der Waals surface area (Å²) in [5.74, 6) is 0.0413. The van der Waals surface area contributed by atoms with Crippen molar-refractivity contribution in [3.8, 4) is 0 Å². The lowest BCUT2D eigenvalue weighted by atomic mass is 10.1. The summed E-state index contributed by atoms with van der Waals surface area (Å²) in [5, 5.41) is 11.5. The first kappa shape index (κ1) is 12.2. The Morgan fingerprint density at radius 1 is 1.60 bits per heavy atom. The van der Waals surface area contributed by atoms with Crippen LogP contribution in [0, 0.1) is 0 Å². The van der Waals surface area contributed by atoms with E-state index < -0.39 is 5.60 Å². The Bertz CT molecular complexity index is 314. The zero-order chi connectivity index (χ0) is 11.5. The van der Waals surface area contributed by atoms with Crippen molar-refractivity contribution < 1.29 is 9.90 Å². The quantitative estimate of drug-likeness (QED) is 0.847. The van der Waals surface area contributed by atoms with Crippen LogP contribution in [0.15, 0.2) is 17.5 Å². The summed E-state index contributed by atoms with van der Waals surface area (Å²) in [6.45, 7) is 3.75. The van der Waals surface area contributed by atoms with E-state index in [-0.39, 0.29) is 5.91 Å². The maximum Gasteiger partial charge on any atom is 0.227 e. The SMILES string of the molecule is CN(CC(C)(C)O)C(=O)Cc1cccs1. The molecule has 1 aromatic rings. The average molecular weight is 227 g/mol. The first-order chi connectivity index (χ1) is 6.88. The summed E-state index contributed by atoms with van der Waals surface area (Å²) in [6.07, 6.45) is 0.421. The van der Waals surface area contributed by atoms with Crippen molar-refractivity contribution in [2.75, 3.05) is 13.6 Å². The lowest BCUT2D eigenvalue weighted by molar-refractivity contribution is -0.131. The zero-order valence-corrected chi connectivity index (χ0v) is 10.2. The number of rotatable bonds is 4. The van der Waals surface area contributed by atoms with Crippen molar-refractivity contribution in [1.29, 1.82) is 0 Å². The van der Waals surface area contributed by atoms with Crippen molar-refractivity contribution in [2.45, 2.75) is 25.9 Å². The molecule has 3 nitrogen and oxygen atoms in total. The molecule has 0 spiro atoms. The lowest BCUT2D eigenvalue weighted by Gasteiger charge is -2.25. The molecule has 0 saturated carbocycles. The minimum Gasteiger partial charge on any atom is -0.389 e. The molecule has 1 amide bonds. The zero-order valence-electron chi connectivity index (χ0n) is 9.36. The first-order valence-electron chi connectivity index (χ1n) is 4.87. The molecule has 0 fully saturated rings. The van der Waals surface area contributed by atoms with Gasteiger partial charge in [0.15, 0.2) is 0 Å². The molecule has 0 aromatic carbocycles. The minimum atomic E-state index is -0.833. The molecule has 1 aromatic heterocycles. The molecule has 0 bridgehead atoms. The number of likely N-dealkylation sites (N-methyl/N-ethyl adjacent to an activating group) is 1. The fraction of sp³-hybridized carbons (Fsp3) is 0.545. The van der Waals surface area contributed by atoms with E-state index in [1.807, 2.05) is 17.5 Å². The van der Waals surface area contributed by atoms with Gasteiger partial charge in [-0.1, -0.05) is 6.07 Å². The van der Waals surface area contributed by atoms with Gasteiger partial charge in [0.1, 0.15) is 0 Å². The van der Waals surface area contributed by atoms with Crippen LogP contribution >= 0.6 is 11.3 Å². The monoisotopic (exact) mass is 227 g/mol. The minimum absolute atomic E-state index is 0.0413. The second-order valence-corrected chi connectivity index (χ2v) is 5.35. The van der Waals surface area contributed by atoms with Crippen molar-refractivity contribution in [3.05, 3.63) is 22.4 Å². The van der Waals surface area contributed by atoms with Crippen LogP contribution in [0.3, 0.4) is 0 Å². The van der Waals surface area contributed by atoms with Crippen LogP contribution < -0.4 is 0 Å². The Labute approximate surface area is 94.3 Å². The van der Waals surface area contributed by atoms with Gasteiger partial charge >= 0.3 is 0 Å². The van der Waals surface area contributed by atoms with Gasteiger partial charge in [-0.05, 0) is 25.3 Å². The third kappa shape index (κ3) is 4.44. The van der Waals surface area contributed by atoms with Gasteiger partial charge in [-0.2, -0.15) is 0 Å². The maximum atomic E-state index is 11.7. The largest absolute Gasteiger partial charge is 0.389 e. The third-order valence-corrected chi connectivity index (χ3v) is 2.83. The van der Waals surface area contributed by atoms with Crippen LogP contribution in [0.4, 0.5) is 0 Å². The van der Waals surface area contributed by atoms with E-state index in [4.69, 9.17) is 0 Å². The molecule has 1 N–H and O–H groups in total. The highest BCUT2D eigenvalue weighted by Crippen LogP contribution is 2.11. The van der Waals surface area contributed by atoms with Crippen molar-refractivity contribution in [1.82, 2.24) is 4.90 Å². The van der Waals surface area contributed by atoms with Crippen LogP contribution in [-0.2, 0) is 11.2 Å². The number of aliphatic hydroxyl groups is 1. The van der Waals surface area contributed by atoms with Gasteiger partial charge < -0.3 is 10.0 Å². The predicted molar refractivity (Wildman–Crippen MR) is 62.0 cm³/mol. The molecule has 4 heteroatoms. The van der Waals surface area contributed by atoms with Crippen LogP contribution in [0.2, 0.25) is 0 Å². The van der Waals surface area contributed by atoms with E-state index in [0.717, 1.165) is 4.88 Å². The van der Waals surface area contributed by atoms with E-state index in [0.29, 0.717) is 13.0 Å². The van der Waals surface area contributed by atoms with Gasteiger partial charge in [-0.3, -0.25) is 4.79 Å². The van der Waals surface area contributed by atoms with Gasteiger partial charge in [0.2, 0.25) is 5.91 Å². The van der Waals surface area contributed by atoms with E-state index in [1.54, 1.807) is 37.1 Å². The lowest BCUT2D eigenvalue weighted by Crippen LogP contribution is -2.40. The number of nitrogens with zero attached hydrogens (tertiary/aromatic N) is 1. The number of carbonyl (C=O) groups excluding carboxylic acids is 1. The summed E-state index contributed by atoms with van der Waals surface area (Å²) in [6, 6.07) is 3.88. The average Bonchev–Trinajstić information content (AvgIpc) is 2.53. The Kier molecular flexibility index (Phi) is 3.88. The maximum absolute atomic E-state index is 11.7. The molecule has 0 radical (unpaired) electrons. The van der Waals surface area contributed by atoms with Gasteiger partial charge in [0.05, 0.1) is 12.0 Å². The molecule has 0 saturated heterocycles. The Morgan fingerprint density at radius 3 is 2.73 bits per heavy atom. The molecule has 0 aliphatic heterocycles. The molecular formula is C11H17NO2S. The molecule has 0 aliphatic carbocycles. The van der Waals surface area contributed by atoms with Gasteiger partial charge in [0.25, 0.3) is 0 Å². The van der Waals surface area contributed by atoms with Gasteiger partial charge in [-0.25, -0.2) is 0 Å². The highest BCUT2D eigenvalue weighted by Gasteiger charge is 2.19. The second kappa shape index (κ2) is 4.77. The molecule has 1 rings (SSSR count). The number of hydrogen-bond donors (Lipinski definition) is 1. The standard InChI is InChI=1S/C11H17NO2S/c1-11(2,14)8-12(3)10(13)7-9-5-4-6-15-9/h4-6,14H,7-8H2,1-3H3. The van der Waals surface area contributed by atoms with E-state index in [2.05, 4.69) is 0 Å². The summed E-state index contributed by atoms with van der Waals surface area (Å²) >= 11 is 1.58. The topological polar surface area (TPSA) is 40.5 Å². The fourth-order valence-corrected chi connectivity index (χ4v) is 2.06. The number of amides is 1. The van der Waals surface area contributed by atoms with Crippen LogP contribution in [-0.4, -0.2) is 35.1 Å². The molecule has 1 heterocycles. The third-order valence-electron chi connectivity index (χ3n) is 1.96.